The number of halogens is 2. The van der Waals surface area contributed by atoms with E-state index in [-0.39, 0.29) is 11.3 Å². The number of para-hydroxylation sites is 1. The van der Waals surface area contributed by atoms with Crippen molar-refractivity contribution >= 4 is 44.4 Å². The van der Waals surface area contributed by atoms with E-state index < -0.39 is 11.7 Å². The number of rotatable bonds is 8. The second kappa shape index (κ2) is 11.5. The van der Waals surface area contributed by atoms with Crippen molar-refractivity contribution in [1.29, 1.82) is 5.26 Å². The molecule has 0 spiro atoms. The van der Waals surface area contributed by atoms with Gasteiger partial charge in [-0.25, -0.2) is 4.39 Å². The van der Waals surface area contributed by atoms with Crippen LogP contribution in [0.2, 0.25) is 0 Å². The molecule has 0 saturated carbocycles. The molecular weight excluding hydrogens is 523 g/mol. The maximum atomic E-state index is 13.9. The number of benzene rings is 4. The molecule has 0 aliphatic rings. The van der Waals surface area contributed by atoms with Crippen LogP contribution in [0.5, 0.6) is 11.5 Å². The van der Waals surface area contributed by atoms with Gasteiger partial charge in [0.15, 0.2) is 11.5 Å². The van der Waals surface area contributed by atoms with Gasteiger partial charge in [0, 0.05) is 0 Å². The van der Waals surface area contributed by atoms with Crippen molar-refractivity contribution in [1.82, 2.24) is 0 Å². The summed E-state index contributed by atoms with van der Waals surface area (Å²) >= 11 is 3.54. The molecule has 1 N–H and O–H groups in total. The van der Waals surface area contributed by atoms with E-state index in [1.165, 1.54) is 24.3 Å². The van der Waals surface area contributed by atoms with Gasteiger partial charge in [-0.15, -0.1) is 0 Å². The van der Waals surface area contributed by atoms with Crippen LogP contribution in [0.3, 0.4) is 0 Å². The highest BCUT2D eigenvalue weighted by Gasteiger charge is 2.16. The van der Waals surface area contributed by atoms with Crippen LogP contribution in [-0.2, 0) is 11.4 Å². The first kappa shape index (κ1) is 25.0. The fraction of sp³-hybridized carbons (Fsp3) is 0.103. The molecule has 0 fully saturated rings. The van der Waals surface area contributed by atoms with Crippen molar-refractivity contribution in [2.24, 2.45) is 0 Å². The van der Waals surface area contributed by atoms with E-state index in [0.29, 0.717) is 34.7 Å². The van der Waals surface area contributed by atoms with Crippen molar-refractivity contribution in [3.05, 3.63) is 106 Å². The number of carbonyl (C=O) groups excluding carboxylic acids is 1. The van der Waals surface area contributed by atoms with Gasteiger partial charge in [0.1, 0.15) is 24.1 Å². The number of anilines is 1. The highest BCUT2D eigenvalue weighted by atomic mass is 79.9. The standard InChI is InChI=1S/C29H22BrFN2O3/c1-2-35-27-16-19(14-22(17-32)29(34)33-26-13-6-5-12-25(26)31)15-24(30)28(27)36-18-21-10-7-9-20-8-3-4-11-23(20)21/h3-16H,2,18H2,1H3,(H,33,34)/b22-14-. The summed E-state index contributed by atoms with van der Waals surface area (Å²) in [6, 6.07) is 25.2. The summed E-state index contributed by atoms with van der Waals surface area (Å²) in [5.74, 6) is -0.327. The predicted octanol–water partition coefficient (Wildman–Crippen LogP) is 7.26. The maximum Gasteiger partial charge on any atom is 0.266 e. The van der Waals surface area contributed by atoms with E-state index in [1.54, 1.807) is 18.2 Å². The number of hydrogen-bond acceptors (Lipinski definition) is 4. The van der Waals surface area contributed by atoms with Crippen molar-refractivity contribution in [3.63, 3.8) is 0 Å². The molecule has 0 saturated heterocycles. The zero-order valence-electron chi connectivity index (χ0n) is 19.4. The molecule has 4 aromatic rings. The molecule has 180 valence electrons. The van der Waals surface area contributed by atoms with Crippen LogP contribution in [0, 0.1) is 17.1 Å². The van der Waals surface area contributed by atoms with Crippen molar-refractivity contribution in [3.8, 4) is 17.6 Å². The number of fused-ring (bicyclic) bond motifs is 1. The molecule has 0 atom stereocenters. The summed E-state index contributed by atoms with van der Waals surface area (Å²) in [5, 5.41) is 14.2. The molecule has 0 heterocycles. The lowest BCUT2D eigenvalue weighted by molar-refractivity contribution is -0.112. The third kappa shape index (κ3) is 5.73. The number of amides is 1. The maximum absolute atomic E-state index is 13.9. The molecular formula is C29H22BrFN2O3. The zero-order chi connectivity index (χ0) is 25.5. The predicted molar refractivity (Wildman–Crippen MR) is 142 cm³/mol. The highest BCUT2D eigenvalue weighted by Crippen LogP contribution is 2.38. The minimum Gasteiger partial charge on any atom is -0.490 e. The van der Waals surface area contributed by atoms with E-state index in [2.05, 4.69) is 39.4 Å². The van der Waals surface area contributed by atoms with Crippen LogP contribution in [-0.4, -0.2) is 12.5 Å². The first-order valence-electron chi connectivity index (χ1n) is 11.2. The topological polar surface area (TPSA) is 71.3 Å². The molecule has 7 heteroatoms. The summed E-state index contributed by atoms with van der Waals surface area (Å²) in [6.45, 7) is 2.57. The van der Waals surface area contributed by atoms with Crippen LogP contribution in [0.1, 0.15) is 18.1 Å². The Labute approximate surface area is 216 Å². The van der Waals surface area contributed by atoms with Crippen LogP contribution < -0.4 is 14.8 Å². The molecule has 5 nitrogen and oxygen atoms in total. The highest BCUT2D eigenvalue weighted by molar-refractivity contribution is 9.10. The van der Waals surface area contributed by atoms with Gasteiger partial charge < -0.3 is 14.8 Å². The lowest BCUT2D eigenvalue weighted by atomic mass is 10.1. The third-order valence-electron chi connectivity index (χ3n) is 5.38. The van der Waals surface area contributed by atoms with Gasteiger partial charge in [0.25, 0.3) is 5.91 Å². The van der Waals surface area contributed by atoms with Gasteiger partial charge in [-0.3, -0.25) is 4.79 Å². The van der Waals surface area contributed by atoms with Gasteiger partial charge >= 0.3 is 0 Å². The van der Waals surface area contributed by atoms with Crippen molar-refractivity contribution < 1.29 is 18.7 Å². The largest absolute Gasteiger partial charge is 0.490 e. The Bertz CT molecular complexity index is 1490. The smallest absolute Gasteiger partial charge is 0.266 e. The van der Waals surface area contributed by atoms with Crippen molar-refractivity contribution in [2.75, 3.05) is 11.9 Å². The van der Waals surface area contributed by atoms with E-state index >= 15 is 0 Å². The first-order chi connectivity index (χ1) is 17.5. The lowest BCUT2D eigenvalue weighted by Crippen LogP contribution is -2.14. The van der Waals surface area contributed by atoms with Crippen LogP contribution in [0.4, 0.5) is 10.1 Å². The summed E-state index contributed by atoms with van der Waals surface area (Å²) < 4.78 is 26.5. The number of hydrogen-bond donors (Lipinski definition) is 1. The molecule has 0 aromatic heterocycles. The fourth-order valence-electron chi connectivity index (χ4n) is 3.71. The lowest BCUT2D eigenvalue weighted by Gasteiger charge is -2.16. The Kier molecular flexibility index (Phi) is 7.99. The van der Waals surface area contributed by atoms with E-state index in [4.69, 9.17) is 9.47 Å². The number of nitrogens with one attached hydrogen (secondary N) is 1. The van der Waals surface area contributed by atoms with Crippen molar-refractivity contribution in [2.45, 2.75) is 13.5 Å². The summed E-state index contributed by atoms with van der Waals surface area (Å²) in [7, 11) is 0. The minimum absolute atomic E-state index is 0.00276. The van der Waals surface area contributed by atoms with Gasteiger partial charge in [-0.2, -0.15) is 5.26 Å². The van der Waals surface area contributed by atoms with E-state index in [0.717, 1.165) is 16.3 Å². The Balaban J connectivity index is 1.60. The van der Waals surface area contributed by atoms with E-state index in [1.807, 2.05) is 37.3 Å². The molecule has 4 aromatic carbocycles. The quantitative estimate of drug-likeness (QED) is 0.187. The average molecular weight is 545 g/mol. The zero-order valence-corrected chi connectivity index (χ0v) is 21.0. The molecule has 0 aliphatic carbocycles. The number of ether oxygens (including phenoxy) is 2. The van der Waals surface area contributed by atoms with Gasteiger partial charge in [-0.05, 0) is 75.1 Å². The van der Waals surface area contributed by atoms with Crippen LogP contribution in [0.25, 0.3) is 16.8 Å². The Hall–Kier alpha value is -4.15. The summed E-state index contributed by atoms with van der Waals surface area (Å²) in [6.07, 6.45) is 1.41. The number of nitriles is 1. The molecule has 0 radical (unpaired) electrons. The van der Waals surface area contributed by atoms with E-state index in [9.17, 15) is 14.4 Å². The number of nitrogens with zero attached hydrogens (tertiary/aromatic N) is 1. The van der Waals surface area contributed by atoms with Gasteiger partial charge in [0.2, 0.25) is 0 Å². The molecule has 0 bridgehead atoms. The second-order valence-corrected chi connectivity index (χ2v) is 8.65. The molecule has 4 rings (SSSR count). The Morgan fingerprint density at radius 3 is 2.58 bits per heavy atom. The minimum atomic E-state index is -0.715. The molecule has 0 unspecified atom stereocenters. The van der Waals surface area contributed by atoms with Crippen LogP contribution >= 0.6 is 15.9 Å². The summed E-state index contributed by atoms with van der Waals surface area (Å²) in [4.78, 5) is 12.6. The Morgan fingerprint density at radius 1 is 1.06 bits per heavy atom. The first-order valence-corrected chi connectivity index (χ1v) is 12.0. The molecule has 36 heavy (non-hydrogen) atoms. The Morgan fingerprint density at radius 2 is 1.81 bits per heavy atom. The van der Waals surface area contributed by atoms with Crippen LogP contribution in [0.15, 0.2) is 88.9 Å². The average Bonchev–Trinajstić information content (AvgIpc) is 2.88. The molecule has 0 aliphatic heterocycles. The normalized spacial score (nSPS) is 11.1. The second-order valence-electron chi connectivity index (χ2n) is 7.79. The monoisotopic (exact) mass is 544 g/mol. The fourth-order valence-corrected chi connectivity index (χ4v) is 4.28. The summed E-state index contributed by atoms with van der Waals surface area (Å²) in [5.41, 5.74) is 1.39. The molecule has 1 amide bonds. The third-order valence-corrected chi connectivity index (χ3v) is 5.97. The number of carbonyl (C=O) groups is 1. The van der Waals surface area contributed by atoms with Gasteiger partial charge in [-0.1, -0.05) is 54.6 Å². The van der Waals surface area contributed by atoms with Gasteiger partial charge in [0.05, 0.1) is 16.8 Å². The SMILES string of the molecule is CCOc1cc(/C=C(/C#N)C(=O)Nc2ccccc2F)cc(Br)c1OCc1cccc2ccccc12.